The minimum atomic E-state index is -0.960. The summed E-state index contributed by atoms with van der Waals surface area (Å²) in [6.45, 7) is 15.3. The Hall–Kier alpha value is -3.16. The summed E-state index contributed by atoms with van der Waals surface area (Å²) in [6.07, 6.45) is 3.87. The van der Waals surface area contributed by atoms with Crippen molar-refractivity contribution >= 4 is 55.9 Å². The Morgan fingerprint density at radius 2 is 1.24 bits per heavy atom. The minimum Gasteiger partial charge on any atom is -0.480 e. The van der Waals surface area contributed by atoms with Gasteiger partial charge in [-0.3, -0.25) is 14.6 Å². The smallest absolute Gasteiger partial charge is 0.411 e. The highest BCUT2D eigenvalue weighted by atomic mass is 79.9. The lowest BCUT2D eigenvalue weighted by Crippen LogP contribution is -2.50. The Morgan fingerprint density at radius 1 is 0.725 bits per heavy atom. The zero-order chi connectivity index (χ0) is 37.5. The number of rotatable bonds is 2. The number of carbonyl (C=O) groups excluding carboxylic acids is 3. The first-order valence-electron chi connectivity index (χ1n) is 17.7. The number of nitrogens with zero attached hydrogens (tertiary/aromatic N) is 3. The van der Waals surface area contributed by atoms with Crippen LogP contribution in [0.3, 0.4) is 0 Å². The SMILES string of the molecule is Brc1ccc2c(c1)CCNC2.CC(C)(C)OC(=O)N1CCCC1C(=O)N1CCc2cc(Br)ccc2C1.CC(C)(C)OC(=O)N1CCCC1C(=O)O. The summed E-state index contributed by atoms with van der Waals surface area (Å²) in [7, 11) is 0. The van der Waals surface area contributed by atoms with E-state index < -0.39 is 35.3 Å². The molecule has 2 fully saturated rings. The summed E-state index contributed by atoms with van der Waals surface area (Å²) in [4.78, 5) is 52.7. The van der Waals surface area contributed by atoms with E-state index >= 15 is 0 Å². The maximum atomic E-state index is 13.0. The highest BCUT2D eigenvalue weighted by molar-refractivity contribution is 9.10. The molecule has 2 aromatic carbocycles. The fraction of sp³-hybridized carbons (Fsp3) is 0.579. The van der Waals surface area contributed by atoms with Crippen LogP contribution in [-0.4, -0.2) is 93.3 Å². The highest BCUT2D eigenvalue weighted by Gasteiger charge is 2.39. The molecule has 0 aromatic heterocycles. The fourth-order valence-corrected chi connectivity index (χ4v) is 7.31. The summed E-state index contributed by atoms with van der Waals surface area (Å²) in [5, 5.41) is 12.2. The van der Waals surface area contributed by atoms with Crippen LogP contribution in [0.25, 0.3) is 0 Å². The second kappa shape index (κ2) is 17.6. The van der Waals surface area contributed by atoms with Crippen molar-refractivity contribution in [3.05, 3.63) is 67.6 Å². The second-order valence-electron chi connectivity index (χ2n) is 15.3. The average Bonchev–Trinajstić information content (AvgIpc) is 3.74. The maximum absolute atomic E-state index is 13.0. The summed E-state index contributed by atoms with van der Waals surface area (Å²) in [5.74, 6) is -0.921. The summed E-state index contributed by atoms with van der Waals surface area (Å²) in [5.41, 5.74) is 4.27. The Balaban J connectivity index is 0.000000190. The molecule has 0 saturated carbocycles. The molecule has 2 atom stereocenters. The van der Waals surface area contributed by atoms with Crippen molar-refractivity contribution in [1.29, 1.82) is 0 Å². The molecule has 13 heteroatoms. The third kappa shape index (κ3) is 11.9. The predicted molar refractivity (Wildman–Crippen MR) is 202 cm³/mol. The van der Waals surface area contributed by atoms with E-state index in [-0.39, 0.29) is 12.0 Å². The molecule has 2 unspecified atom stereocenters. The normalized spacial score (nSPS) is 19.8. The number of nitrogens with one attached hydrogen (secondary N) is 1. The van der Waals surface area contributed by atoms with Gasteiger partial charge < -0.3 is 24.8 Å². The number of halogens is 2. The number of likely N-dealkylation sites (tertiary alicyclic amines) is 2. The molecule has 4 aliphatic heterocycles. The van der Waals surface area contributed by atoms with Crippen molar-refractivity contribution in [2.24, 2.45) is 0 Å². The number of benzene rings is 2. The number of carboxylic acid groups (broad SMARTS) is 1. The van der Waals surface area contributed by atoms with Crippen LogP contribution in [0.4, 0.5) is 9.59 Å². The van der Waals surface area contributed by atoms with Gasteiger partial charge in [-0.2, -0.15) is 0 Å². The number of ether oxygens (including phenoxy) is 2. The quantitative estimate of drug-likeness (QED) is 0.323. The Labute approximate surface area is 318 Å². The van der Waals surface area contributed by atoms with E-state index in [0.29, 0.717) is 39.0 Å². The standard InChI is InChI=1S/C19H25BrN2O3.C10H17NO4.C9H10BrN/c1-19(2,3)25-18(24)22-9-4-5-16(22)17(23)21-10-8-13-11-15(20)7-6-14(13)12-21;1-10(2,3)15-9(14)11-6-4-5-7(11)8(12)13;10-9-2-1-8-6-11-4-3-7(8)5-9/h6-7,11,16H,4-5,8-10,12H2,1-3H3;7H,4-6H2,1-3H3,(H,12,13);1-2,5,11H,3-4,6H2. The zero-order valence-corrected chi connectivity index (χ0v) is 33.8. The van der Waals surface area contributed by atoms with Gasteiger partial charge in [0.05, 0.1) is 0 Å². The molecule has 2 saturated heterocycles. The molecule has 11 nitrogen and oxygen atoms in total. The van der Waals surface area contributed by atoms with Crippen LogP contribution in [-0.2, 0) is 45.0 Å². The maximum Gasteiger partial charge on any atom is 0.411 e. The van der Waals surface area contributed by atoms with Crippen LogP contribution in [0.1, 0.15) is 89.5 Å². The first kappa shape index (κ1) is 40.6. The van der Waals surface area contributed by atoms with Gasteiger partial charge in [-0.05, 0) is 133 Å². The van der Waals surface area contributed by atoms with Crippen molar-refractivity contribution in [2.75, 3.05) is 26.2 Å². The monoisotopic (exact) mass is 834 g/mol. The lowest BCUT2D eigenvalue weighted by atomic mass is 9.99. The molecule has 2 N–H and O–H groups in total. The third-order valence-electron chi connectivity index (χ3n) is 8.88. The number of aliphatic carboxylic acids is 1. The van der Waals surface area contributed by atoms with Gasteiger partial charge in [0.2, 0.25) is 5.91 Å². The van der Waals surface area contributed by atoms with Crippen LogP contribution in [0.2, 0.25) is 0 Å². The summed E-state index contributed by atoms with van der Waals surface area (Å²) in [6, 6.07) is 11.6. The van der Waals surface area contributed by atoms with Crippen LogP contribution >= 0.6 is 31.9 Å². The largest absolute Gasteiger partial charge is 0.480 e. The van der Waals surface area contributed by atoms with Crippen molar-refractivity contribution in [1.82, 2.24) is 20.0 Å². The van der Waals surface area contributed by atoms with E-state index in [2.05, 4.69) is 67.5 Å². The van der Waals surface area contributed by atoms with Gasteiger partial charge in [0.1, 0.15) is 23.3 Å². The number of fused-ring (bicyclic) bond motifs is 2. The van der Waals surface area contributed by atoms with E-state index in [1.54, 1.807) is 25.7 Å². The van der Waals surface area contributed by atoms with Gasteiger partial charge in [-0.25, -0.2) is 14.4 Å². The topological polar surface area (TPSA) is 129 Å². The number of amides is 3. The Morgan fingerprint density at radius 3 is 1.78 bits per heavy atom. The number of carboxylic acids is 1. The lowest BCUT2D eigenvalue weighted by molar-refractivity contribution is -0.142. The number of hydrogen-bond donors (Lipinski definition) is 2. The van der Waals surface area contributed by atoms with Gasteiger partial charge in [0, 0.05) is 41.7 Å². The molecule has 6 rings (SSSR count). The average molecular weight is 837 g/mol. The third-order valence-corrected chi connectivity index (χ3v) is 9.87. The summed E-state index contributed by atoms with van der Waals surface area (Å²) >= 11 is 6.97. The number of hydrogen-bond acceptors (Lipinski definition) is 7. The molecular weight excluding hydrogens is 784 g/mol. The first-order chi connectivity index (χ1) is 23.9. The van der Waals surface area contributed by atoms with E-state index in [1.165, 1.54) is 31.6 Å². The number of carbonyl (C=O) groups is 4. The van der Waals surface area contributed by atoms with Gasteiger partial charge in [-0.15, -0.1) is 0 Å². The molecule has 4 heterocycles. The van der Waals surface area contributed by atoms with Crippen molar-refractivity contribution in [3.63, 3.8) is 0 Å². The highest BCUT2D eigenvalue weighted by Crippen LogP contribution is 2.27. The van der Waals surface area contributed by atoms with Gasteiger partial charge in [0.25, 0.3) is 0 Å². The van der Waals surface area contributed by atoms with Crippen molar-refractivity contribution in [3.8, 4) is 0 Å². The molecule has 3 amide bonds. The molecule has 0 spiro atoms. The second-order valence-corrected chi connectivity index (χ2v) is 17.1. The fourth-order valence-electron chi connectivity index (χ4n) is 6.49. The van der Waals surface area contributed by atoms with Gasteiger partial charge >= 0.3 is 18.2 Å². The minimum absolute atomic E-state index is 0.0388. The van der Waals surface area contributed by atoms with Crippen molar-refractivity contribution in [2.45, 2.75) is 116 Å². The van der Waals surface area contributed by atoms with Gasteiger partial charge in [0.15, 0.2) is 0 Å². The molecule has 0 bridgehead atoms. The predicted octanol–water partition coefficient (Wildman–Crippen LogP) is 7.30. The Bertz CT molecular complexity index is 1570. The van der Waals surface area contributed by atoms with E-state index in [4.69, 9.17) is 14.6 Å². The van der Waals surface area contributed by atoms with Crippen LogP contribution in [0.5, 0.6) is 0 Å². The Kier molecular flexibility index (Phi) is 14.0. The molecule has 280 valence electrons. The molecular formula is C38H52Br2N4O7. The van der Waals surface area contributed by atoms with Crippen molar-refractivity contribution < 1.29 is 33.8 Å². The molecule has 4 aliphatic rings. The molecule has 0 aliphatic carbocycles. The van der Waals surface area contributed by atoms with E-state index in [1.807, 2.05) is 31.7 Å². The molecule has 2 aromatic rings. The van der Waals surface area contributed by atoms with Gasteiger partial charge in [-0.1, -0.05) is 44.0 Å². The van der Waals surface area contributed by atoms with Crippen LogP contribution in [0, 0.1) is 0 Å². The summed E-state index contributed by atoms with van der Waals surface area (Å²) < 4.78 is 12.9. The zero-order valence-electron chi connectivity index (χ0n) is 30.6. The molecule has 0 radical (unpaired) electrons. The molecule has 51 heavy (non-hydrogen) atoms. The van der Waals surface area contributed by atoms with E-state index in [0.717, 1.165) is 43.2 Å². The van der Waals surface area contributed by atoms with Crippen LogP contribution in [0.15, 0.2) is 45.3 Å². The lowest BCUT2D eigenvalue weighted by Gasteiger charge is -2.34. The van der Waals surface area contributed by atoms with E-state index in [9.17, 15) is 19.2 Å². The van der Waals surface area contributed by atoms with Crippen LogP contribution < -0.4 is 5.32 Å². The first-order valence-corrected chi connectivity index (χ1v) is 19.3.